The summed E-state index contributed by atoms with van der Waals surface area (Å²) in [5.74, 6) is 4.88. The van der Waals surface area contributed by atoms with E-state index in [9.17, 15) is 9.18 Å². The zero-order chi connectivity index (χ0) is 11.3. The summed E-state index contributed by atoms with van der Waals surface area (Å²) in [4.78, 5) is 10.0. The third-order valence-corrected chi connectivity index (χ3v) is 1.73. The number of benzene rings is 1. The summed E-state index contributed by atoms with van der Waals surface area (Å²) in [7, 11) is 1.44. The summed E-state index contributed by atoms with van der Waals surface area (Å²) in [6.45, 7) is 0. The molecule has 3 nitrogen and oxygen atoms in total. The number of halogens is 1. The van der Waals surface area contributed by atoms with E-state index in [1.54, 1.807) is 0 Å². The molecule has 0 bridgehead atoms. The largest absolute Gasteiger partial charge is 0.495 e. The molecule has 78 valence electrons. The van der Waals surface area contributed by atoms with Gasteiger partial charge in [-0.3, -0.25) is 0 Å². The lowest BCUT2D eigenvalue weighted by atomic mass is 10.1. The van der Waals surface area contributed by atoms with E-state index in [-0.39, 0.29) is 17.7 Å². The fraction of sp³-hybridized carbons (Fsp3) is 0.182. The third kappa shape index (κ3) is 2.71. The van der Waals surface area contributed by atoms with Crippen LogP contribution in [0.1, 0.15) is 12.0 Å². The average molecular weight is 207 g/mol. The normalized spacial score (nSPS) is 8.93. The van der Waals surface area contributed by atoms with Crippen molar-refractivity contribution >= 4 is 12.0 Å². The molecular weight excluding hydrogens is 197 g/mol. The molecule has 0 amide bonds. The molecule has 0 atom stereocenters. The van der Waals surface area contributed by atoms with Crippen LogP contribution in [0.2, 0.25) is 0 Å². The minimum atomic E-state index is -0.522. The quantitative estimate of drug-likeness (QED) is 0.452. The Bertz CT molecular complexity index is 432. The molecule has 1 aromatic rings. The Kier molecular flexibility index (Phi) is 3.69. The van der Waals surface area contributed by atoms with Crippen LogP contribution in [0.15, 0.2) is 12.1 Å². The van der Waals surface area contributed by atoms with Crippen molar-refractivity contribution in [2.24, 2.45) is 0 Å². The van der Waals surface area contributed by atoms with Crippen molar-refractivity contribution < 1.29 is 13.9 Å². The number of carbonyl (C=O) groups is 1. The molecule has 1 rings (SSSR count). The molecule has 15 heavy (non-hydrogen) atoms. The summed E-state index contributed by atoms with van der Waals surface area (Å²) >= 11 is 0. The van der Waals surface area contributed by atoms with Gasteiger partial charge in [0.25, 0.3) is 0 Å². The second kappa shape index (κ2) is 5.01. The van der Waals surface area contributed by atoms with E-state index in [4.69, 9.17) is 10.5 Å². The van der Waals surface area contributed by atoms with Crippen molar-refractivity contribution in [1.29, 1.82) is 0 Å². The second-order valence-electron chi connectivity index (χ2n) is 2.75. The number of ether oxygens (including phenoxy) is 1. The van der Waals surface area contributed by atoms with Gasteiger partial charge in [-0.15, -0.1) is 0 Å². The van der Waals surface area contributed by atoms with Crippen molar-refractivity contribution in [2.75, 3.05) is 12.8 Å². The Morgan fingerprint density at radius 3 is 2.93 bits per heavy atom. The predicted molar refractivity (Wildman–Crippen MR) is 54.9 cm³/mol. The fourth-order valence-corrected chi connectivity index (χ4v) is 1.03. The molecule has 4 heteroatoms. The number of aldehydes is 1. The van der Waals surface area contributed by atoms with Gasteiger partial charge >= 0.3 is 0 Å². The standard InChI is InChI=1S/C11H10FNO2/c1-15-11-6-8(4-2-3-5-14)9(12)7-10(11)13/h5-7H,3,13H2,1H3. The maximum atomic E-state index is 13.3. The Labute approximate surface area is 87.0 Å². The summed E-state index contributed by atoms with van der Waals surface area (Å²) in [5, 5.41) is 0. The van der Waals surface area contributed by atoms with Crippen LogP contribution in [-0.4, -0.2) is 13.4 Å². The third-order valence-electron chi connectivity index (χ3n) is 1.73. The van der Waals surface area contributed by atoms with Gasteiger partial charge in [-0.05, 0) is 0 Å². The van der Waals surface area contributed by atoms with Crippen LogP contribution < -0.4 is 10.5 Å². The van der Waals surface area contributed by atoms with Gasteiger partial charge in [-0.25, -0.2) is 4.39 Å². The number of anilines is 1. The number of hydrogen-bond donors (Lipinski definition) is 1. The van der Waals surface area contributed by atoms with Gasteiger partial charge < -0.3 is 15.3 Å². The second-order valence-corrected chi connectivity index (χ2v) is 2.75. The molecule has 0 unspecified atom stereocenters. The highest BCUT2D eigenvalue weighted by Crippen LogP contribution is 2.24. The average Bonchev–Trinajstić information content (AvgIpc) is 2.21. The molecule has 0 saturated carbocycles. The first kappa shape index (κ1) is 11.1. The molecular formula is C11H10FNO2. The molecule has 0 aliphatic rings. The lowest BCUT2D eigenvalue weighted by Gasteiger charge is -2.04. The monoisotopic (exact) mass is 207 g/mol. The van der Waals surface area contributed by atoms with Gasteiger partial charge in [0.2, 0.25) is 0 Å². The Hall–Kier alpha value is -2.02. The summed E-state index contributed by atoms with van der Waals surface area (Å²) < 4.78 is 18.2. The molecule has 0 heterocycles. The van der Waals surface area contributed by atoms with Crippen LogP contribution in [0, 0.1) is 17.7 Å². The molecule has 0 spiro atoms. The summed E-state index contributed by atoms with van der Waals surface area (Å²) in [6.07, 6.45) is 0.728. The van der Waals surface area contributed by atoms with E-state index in [2.05, 4.69) is 11.8 Å². The van der Waals surface area contributed by atoms with Crippen LogP contribution in [0.25, 0.3) is 0 Å². The minimum absolute atomic E-state index is 0.0755. The topological polar surface area (TPSA) is 52.3 Å². The SMILES string of the molecule is COc1cc(C#CCC=O)c(F)cc1N. The molecule has 0 radical (unpaired) electrons. The van der Waals surface area contributed by atoms with Gasteiger partial charge in [0.1, 0.15) is 17.9 Å². The summed E-state index contributed by atoms with van der Waals surface area (Å²) in [5.41, 5.74) is 5.87. The van der Waals surface area contributed by atoms with Crippen molar-refractivity contribution in [3.63, 3.8) is 0 Å². The highest BCUT2D eigenvalue weighted by molar-refractivity contribution is 5.59. The van der Waals surface area contributed by atoms with E-state index in [1.807, 2.05) is 0 Å². The Morgan fingerprint density at radius 2 is 2.33 bits per heavy atom. The first-order chi connectivity index (χ1) is 7.19. The van der Waals surface area contributed by atoms with Crippen LogP contribution in [0.4, 0.5) is 10.1 Å². The van der Waals surface area contributed by atoms with Crippen LogP contribution in [0.5, 0.6) is 5.75 Å². The first-order valence-electron chi connectivity index (χ1n) is 4.24. The molecule has 0 saturated heterocycles. The van der Waals surface area contributed by atoms with Gasteiger partial charge in [0.05, 0.1) is 24.8 Å². The lowest BCUT2D eigenvalue weighted by Crippen LogP contribution is -1.95. The number of carbonyl (C=O) groups excluding carboxylic acids is 1. The summed E-state index contributed by atoms with van der Waals surface area (Å²) in [6, 6.07) is 2.55. The lowest BCUT2D eigenvalue weighted by molar-refractivity contribution is -0.107. The molecule has 2 N–H and O–H groups in total. The van der Waals surface area contributed by atoms with E-state index in [0.717, 1.165) is 6.07 Å². The maximum absolute atomic E-state index is 13.3. The van der Waals surface area contributed by atoms with E-state index < -0.39 is 5.82 Å². The molecule has 1 aromatic carbocycles. The van der Waals surface area contributed by atoms with Gasteiger partial charge in [-0.1, -0.05) is 11.8 Å². The first-order valence-corrected chi connectivity index (χ1v) is 4.24. The number of nitrogens with two attached hydrogens (primary N) is 1. The van der Waals surface area contributed by atoms with Gasteiger partial charge in [-0.2, -0.15) is 0 Å². The predicted octanol–water partition coefficient (Wildman–Crippen LogP) is 1.36. The molecule has 0 fully saturated rings. The zero-order valence-electron chi connectivity index (χ0n) is 8.21. The number of rotatable bonds is 2. The van der Waals surface area contributed by atoms with Crippen molar-refractivity contribution in [2.45, 2.75) is 6.42 Å². The van der Waals surface area contributed by atoms with E-state index >= 15 is 0 Å². The van der Waals surface area contributed by atoms with Crippen LogP contribution in [-0.2, 0) is 4.79 Å². The smallest absolute Gasteiger partial charge is 0.143 e. The molecule has 0 aliphatic carbocycles. The molecule has 0 aromatic heterocycles. The van der Waals surface area contributed by atoms with Crippen molar-refractivity contribution in [3.05, 3.63) is 23.5 Å². The highest BCUT2D eigenvalue weighted by Gasteiger charge is 2.05. The molecule has 0 aliphatic heterocycles. The van der Waals surface area contributed by atoms with Gasteiger partial charge in [0, 0.05) is 12.1 Å². The number of nitrogen functional groups attached to an aromatic ring is 1. The van der Waals surface area contributed by atoms with Crippen molar-refractivity contribution in [3.8, 4) is 17.6 Å². The fourth-order valence-electron chi connectivity index (χ4n) is 1.03. The number of hydrogen-bond acceptors (Lipinski definition) is 3. The van der Waals surface area contributed by atoms with E-state index in [1.165, 1.54) is 13.2 Å². The van der Waals surface area contributed by atoms with Crippen LogP contribution in [0.3, 0.4) is 0 Å². The van der Waals surface area contributed by atoms with Crippen LogP contribution >= 0.6 is 0 Å². The van der Waals surface area contributed by atoms with Crippen molar-refractivity contribution in [1.82, 2.24) is 0 Å². The highest BCUT2D eigenvalue weighted by atomic mass is 19.1. The Balaban J connectivity index is 3.09. The number of methoxy groups -OCH3 is 1. The van der Waals surface area contributed by atoms with E-state index in [0.29, 0.717) is 12.0 Å². The zero-order valence-corrected chi connectivity index (χ0v) is 8.21. The maximum Gasteiger partial charge on any atom is 0.143 e. The van der Waals surface area contributed by atoms with Gasteiger partial charge in [0.15, 0.2) is 0 Å². The minimum Gasteiger partial charge on any atom is -0.495 e. The Morgan fingerprint density at radius 1 is 1.60 bits per heavy atom.